The smallest absolute Gasteiger partial charge is 0.338 e. The summed E-state index contributed by atoms with van der Waals surface area (Å²) in [5.41, 5.74) is 2.78. The molecule has 0 aliphatic rings. The van der Waals surface area contributed by atoms with Crippen molar-refractivity contribution in [1.29, 1.82) is 0 Å². The molecule has 0 heterocycles. The summed E-state index contributed by atoms with van der Waals surface area (Å²) in [7, 11) is 1.59. The second kappa shape index (κ2) is 10.2. The summed E-state index contributed by atoms with van der Waals surface area (Å²) in [6, 6.07) is 22.9. The fourth-order valence-corrected chi connectivity index (χ4v) is 2.96. The molecule has 3 aromatic rings. The molecule has 0 radical (unpaired) electrons. The molecular formula is C24H23NO5. The number of hydrogen-bond acceptors (Lipinski definition) is 5. The van der Waals surface area contributed by atoms with Crippen molar-refractivity contribution in [2.75, 3.05) is 13.7 Å². The van der Waals surface area contributed by atoms with Crippen molar-refractivity contribution in [3.05, 3.63) is 101 Å². The summed E-state index contributed by atoms with van der Waals surface area (Å²) in [6.45, 7) is -0.510. The van der Waals surface area contributed by atoms with E-state index in [9.17, 15) is 9.59 Å². The van der Waals surface area contributed by atoms with Gasteiger partial charge in [-0.3, -0.25) is 4.79 Å². The predicted molar refractivity (Wildman–Crippen MR) is 112 cm³/mol. The molecule has 6 heteroatoms. The number of benzene rings is 3. The Balaban J connectivity index is 1.67. The van der Waals surface area contributed by atoms with Crippen LogP contribution in [-0.4, -0.2) is 30.7 Å². The maximum absolute atomic E-state index is 12.5. The summed E-state index contributed by atoms with van der Waals surface area (Å²) in [6.07, 6.45) is 0. The standard InChI is InChI=1S/C24H23NO5/c1-29-21-13-11-19(12-14-21)23(18-5-3-2-4-6-18)25-22(27)16-30-24(28)20-9-7-17(15-26)8-10-20/h2-14,23,26H,15-16H2,1H3,(H,25,27)/t23-/m1/s1. The van der Waals surface area contributed by atoms with Crippen LogP contribution in [0.3, 0.4) is 0 Å². The first-order chi connectivity index (χ1) is 14.6. The average Bonchev–Trinajstić information content (AvgIpc) is 2.81. The van der Waals surface area contributed by atoms with E-state index < -0.39 is 24.5 Å². The van der Waals surface area contributed by atoms with Crippen LogP contribution in [-0.2, 0) is 16.1 Å². The molecule has 6 nitrogen and oxygen atoms in total. The Labute approximate surface area is 175 Å². The number of ether oxygens (including phenoxy) is 2. The van der Waals surface area contributed by atoms with E-state index in [0.717, 1.165) is 16.9 Å². The van der Waals surface area contributed by atoms with Crippen LogP contribution < -0.4 is 10.1 Å². The summed E-state index contributed by atoms with van der Waals surface area (Å²) in [5, 5.41) is 12.0. The van der Waals surface area contributed by atoms with Crippen molar-refractivity contribution >= 4 is 11.9 Å². The molecule has 3 rings (SSSR count). The van der Waals surface area contributed by atoms with Crippen LogP contribution in [0.5, 0.6) is 5.75 Å². The van der Waals surface area contributed by atoms with Gasteiger partial charge in [0.1, 0.15) is 5.75 Å². The predicted octanol–water partition coefficient (Wildman–Crippen LogP) is 3.25. The van der Waals surface area contributed by atoms with Crippen molar-refractivity contribution in [2.45, 2.75) is 12.6 Å². The number of aliphatic hydroxyl groups excluding tert-OH is 1. The first kappa shape index (κ1) is 21.1. The topological polar surface area (TPSA) is 84.9 Å². The molecule has 0 saturated carbocycles. The average molecular weight is 405 g/mol. The van der Waals surface area contributed by atoms with Crippen LogP contribution >= 0.6 is 0 Å². The Hall–Kier alpha value is -3.64. The van der Waals surface area contributed by atoms with Crippen molar-refractivity contribution < 1.29 is 24.2 Å². The first-order valence-corrected chi connectivity index (χ1v) is 9.46. The fourth-order valence-electron chi connectivity index (χ4n) is 2.96. The normalized spacial score (nSPS) is 11.4. The molecule has 0 bridgehead atoms. The molecule has 0 aromatic heterocycles. The van der Waals surface area contributed by atoms with Gasteiger partial charge < -0.3 is 19.9 Å². The lowest BCUT2D eigenvalue weighted by atomic mass is 9.98. The zero-order valence-electron chi connectivity index (χ0n) is 16.6. The molecule has 3 aromatic carbocycles. The summed E-state index contributed by atoms with van der Waals surface area (Å²) < 4.78 is 10.3. The SMILES string of the molecule is COc1ccc([C@H](NC(=O)COC(=O)c2ccc(CO)cc2)c2ccccc2)cc1. The van der Waals surface area contributed by atoms with Gasteiger partial charge in [0.15, 0.2) is 6.61 Å². The Kier molecular flexibility index (Phi) is 7.19. The quantitative estimate of drug-likeness (QED) is 0.562. The minimum atomic E-state index is -0.602. The van der Waals surface area contributed by atoms with Crippen LogP contribution in [0.15, 0.2) is 78.9 Å². The highest BCUT2D eigenvalue weighted by molar-refractivity contribution is 5.91. The van der Waals surface area contributed by atoms with Gasteiger partial charge in [-0.2, -0.15) is 0 Å². The molecule has 1 atom stereocenters. The molecule has 0 fully saturated rings. The van der Waals surface area contributed by atoms with E-state index in [1.165, 1.54) is 0 Å². The first-order valence-electron chi connectivity index (χ1n) is 9.46. The fraction of sp³-hybridized carbons (Fsp3) is 0.167. The largest absolute Gasteiger partial charge is 0.497 e. The van der Waals surface area contributed by atoms with Gasteiger partial charge in [-0.15, -0.1) is 0 Å². The Morgan fingerprint density at radius 1 is 0.900 bits per heavy atom. The van der Waals surface area contributed by atoms with E-state index >= 15 is 0 Å². The number of hydrogen-bond donors (Lipinski definition) is 2. The van der Waals surface area contributed by atoms with E-state index in [1.807, 2.05) is 54.6 Å². The molecule has 2 N–H and O–H groups in total. The van der Waals surface area contributed by atoms with Crippen molar-refractivity contribution in [3.8, 4) is 5.75 Å². The highest BCUT2D eigenvalue weighted by Gasteiger charge is 2.18. The lowest BCUT2D eigenvalue weighted by molar-refractivity contribution is -0.124. The molecule has 0 spiro atoms. The maximum Gasteiger partial charge on any atom is 0.338 e. The zero-order valence-corrected chi connectivity index (χ0v) is 16.6. The highest BCUT2D eigenvalue weighted by atomic mass is 16.5. The number of methoxy groups -OCH3 is 1. The summed E-state index contributed by atoms with van der Waals surface area (Å²) in [5.74, 6) is -0.298. The third-order valence-corrected chi connectivity index (χ3v) is 4.59. The minimum Gasteiger partial charge on any atom is -0.497 e. The van der Waals surface area contributed by atoms with Crippen LogP contribution in [0.25, 0.3) is 0 Å². The van der Waals surface area contributed by atoms with E-state index in [-0.39, 0.29) is 6.61 Å². The number of rotatable bonds is 8. The maximum atomic E-state index is 12.5. The van der Waals surface area contributed by atoms with Crippen molar-refractivity contribution in [3.63, 3.8) is 0 Å². The second-order valence-electron chi connectivity index (χ2n) is 6.62. The van der Waals surface area contributed by atoms with Crippen LogP contribution in [0.1, 0.15) is 33.1 Å². The van der Waals surface area contributed by atoms with Gasteiger partial charge in [0.05, 0.1) is 25.3 Å². The third kappa shape index (κ3) is 5.46. The Bertz CT molecular complexity index is 969. The van der Waals surface area contributed by atoms with Crippen molar-refractivity contribution in [1.82, 2.24) is 5.32 Å². The zero-order chi connectivity index (χ0) is 21.3. The van der Waals surface area contributed by atoms with Gasteiger partial charge in [0.2, 0.25) is 0 Å². The number of esters is 1. The molecule has 0 aliphatic carbocycles. The molecule has 0 unspecified atom stereocenters. The van der Waals surface area contributed by atoms with Crippen molar-refractivity contribution in [2.24, 2.45) is 0 Å². The van der Waals surface area contributed by atoms with Crippen LogP contribution in [0, 0.1) is 0 Å². The monoisotopic (exact) mass is 405 g/mol. The molecular weight excluding hydrogens is 382 g/mol. The van der Waals surface area contributed by atoms with Gasteiger partial charge >= 0.3 is 5.97 Å². The lowest BCUT2D eigenvalue weighted by Crippen LogP contribution is -2.33. The number of carbonyl (C=O) groups excluding carboxylic acids is 2. The van der Waals surface area contributed by atoms with Gasteiger partial charge in [0, 0.05) is 0 Å². The Morgan fingerprint density at radius 2 is 1.53 bits per heavy atom. The van der Waals surface area contributed by atoms with Gasteiger partial charge in [-0.1, -0.05) is 54.6 Å². The summed E-state index contributed by atoms with van der Waals surface area (Å²) in [4.78, 5) is 24.7. The highest BCUT2D eigenvalue weighted by Crippen LogP contribution is 2.24. The number of aliphatic hydroxyl groups is 1. The van der Waals surface area contributed by atoms with E-state index in [2.05, 4.69) is 5.32 Å². The minimum absolute atomic E-state index is 0.107. The second-order valence-corrected chi connectivity index (χ2v) is 6.62. The van der Waals surface area contributed by atoms with E-state index in [0.29, 0.717) is 11.1 Å². The number of amides is 1. The molecule has 0 saturated heterocycles. The summed E-state index contributed by atoms with van der Waals surface area (Å²) >= 11 is 0. The number of carbonyl (C=O) groups is 2. The lowest BCUT2D eigenvalue weighted by Gasteiger charge is -2.20. The van der Waals surface area contributed by atoms with E-state index in [1.54, 1.807) is 31.4 Å². The molecule has 154 valence electrons. The molecule has 30 heavy (non-hydrogen) atoms. The molecule has 1 amide bonds. The Morgan fingerprint density at radius 3 is 2.13 bits per heavy atom. The van der Waals surface area contributed by atoms with Gasteiger partial charge in [-0.05, 0) is 41.0 Å². The third-order valence-electron chi connectivity index (χ3n) is 4.59. The van der Waals surface area contributed by atoms with Gasteiger partial charge in [0.25, 0.3) is 5.91 Å². The molecule has 0 aliphatic heterocycles. The van der Waals surface area contributed by atoms with Crippen LogP contribution in [0.4, 0.5) is 0 Å². The van der Waals surface area contributed by atoms with Crippen LogP contribution in [0.2, 0.25) is 0 Å². The van der Waals surface area contributed by atoms with E-state index in [4.69, 9.17) is 14.6 Å². The van der Waals surface area contributed by atoms with Gasteiger partial charge in [-0.25, -0.2) is 4.79 Å². The number of nitrogens with one attached hydrogen (secondary N) is 1.